The minimum absolute atomic E-state index is 0.654. The van der Waals surface area contributed by atoms with Gasteiger partial charge in [-0.25, -0.2) is 0 Å². The molecule has 1 heterocycles. The third-order valence-electron chi connectivity index (χ3n) is 3.04. The fourth-order valence-electron chi connectivity index (χ4n) is 1.92. The van der Waals surface area contributed by atoms with Crippen LogP contribution < -0.4 is 0 Å². The molecule has 108 valence electrons. The first kappa shape index (κ1) is 15.5. The molecule has 0 saturated heterocycles. The van der Waals surface area contributed by atoms with Gasteiger partial charge in [0.1, 0.15) is 6.10 Å². The first-order chi connectivity index (χ1) is 9.49. The third kappa shape index (κ3) is 3.61. The minimum Gasteiger partial charge on any atom is -0.382 e. The highest BCUT2D eigenvalue weighted by Crippen LogP contribution is 2.29. The maximum atomic E-state index is 10.6. The van der Waals surface area contributed by atoms with E-state index >= 15 is 0 Å². The summed E-state index contributed by atoms with van der Waals surface area (Å²) in [5, 5.41) is 15.5. The van der Waals surface area contributed by atoms with Gasteiger partial charge in [-0.1, -0.05) is 23.7 Å². The molecule has 2 rings (SSSR count). The van der Waals surface area contributed by atoms with E-state index in [0.717, 1.165) is 28.8 Å². The van der Waals surface area contributed by atoms with Crippen LogP contribution in [0.2, 0.25) is 5.02 Å². The second kappa shape index (κ2) is 6.72. The van der Waals surface area contributed by atoms with Gasteiger partial charge < -0.3 is 10.0 Å². The van der Waals surface area contributed by atoms with Crippen LogP contribution in [0.1, 0.15) is 17.4 Å². The molecule has 0 spiro atoms. The Morgan fingerprint density at radius 2 is 2.00 bits per heavy atom. The van der Waals surface area contributed by atoms with Crippen LogP contribution in [0.3, 0.4) is 0 Å². The standard InChI is InChI=1S/C14H17BrClN3O/c1-18(2)7-8-19-13(12(15)9-17-19)14(20)10-3-5-11(16)6-4-10/h3-6,9,14,20H,7-8H2,1-2H3. The number of rotatable bonds is 5. The number of aromatic nitrogens is 2. The molecule has 1 atom stereocenters. The van der Waals surface area contributed by atoms with Crippen molar-refractivity contribution in [2.45, 2.75) is 12.6 Å². The molecule has 1 aromatic heterocycles. The van der Waals surface area contributed by atoms with Gasteiger partial charge in [0, 0.05) is 11.6 Å². The van der Waals surface area contributed by atoms with Crippen molar-refractivity contribution in [2.24, 2.45) is 0 Å². The zero-order valence-electron chi connectivity index (χ0n) is 11.4. The summed E-state index contributed by atoms with van der Waals surface area (Å²) in [5.74, 6) is 0. The maximum Gasteiger partial charge on any atom is 0.122 e. The van der Waals surface area contributed by atoms with Gasteiger partial charge in [-0.2, -0.15) is 5.10 Å². The molecule has 1 aromatic carbocycles. The van der Waals surface area contributed by atoms with Crippen molar-refractivity contribution < 1.29 is 5.11 Å². The summed E-state index contributed by atoms with van der Waals surface area (Å²) in [6.45, 7) is 1.58. The van der Waals surface area contributed by atoms with Crippen molar-refractivity contribution in [3.63, 3.8) is 0 Å². The summed E-state index contributed by atoms with van der Waals surface area (Å²) in [6, 6.07) is 7.19. The summed E-state index contributed by atoms with van der Waals surface area (Å²) < 4.78 is 2.63. The minimum atomic E-state index is -0.730. The molecule has 0 saturated carbocycles. The van der Waals surface area contributed by atoms with E-state index < -0.39 is 6.10 Å². The Kier molecular flexibility index (Phi) is 5.21. The quantitative estimate of drug-likeness (QED) is 0.893. The highest BCUT2D eigenvalue weighted by Gasteiger charge is 2.19. The van der Waals surface area contributed by atoms with E-state index in [9.17, 15) is 5.11 Å². The zero-order valence-corrected chi connectivity index (χ0v) is 13.8. The second-order valence-electron chi connectivity index (χ2n) is 4.86. The molecule has 0 fully saturated rings. The largest absolute Gasteiger partial charge is 0.382 e. The number of nitrogens with zero attached hydrogens (tertiary/aromatic N) is 3. The first-order valence-corrected chi connectivity index (χ1v) is 7.45. The van der Waals surface area contributed by atoms with Gasteiger partial charge in [0.05, 0.1) is 22.9 Å². The third-order valence-corrected chi connectivity index (χ3v) is 3.90. The predicted octanol–water partition coefficient (Wildman–Crippen LogP) is 2.94. The van der Waals surface area contributed by atoms with Gasteiger partial charge in [-0.3, -0.25) is 4.68 Å². The Morgan fingerprint density at radius 3 is 2.60 bits per heavy atom. The summed E-state index contributed by atoms with van der Waals surface area (Å²) in [4.78, 5) is 2.08. The van der Waals surface area contributed by atoms with Crippen molar-refractivity contribution in [1.82, 2.24) is 14.7 Å². The van der Waals surface area contributed by atoms with Crippen molar-refractivity contribution in [2.75, 3.05) is 20.6 Å². The molecule has 4 nitrogen and oxygen atoms in total. The number of halogens is 2. The van der Waals surface area contributed by atoms with E-state index in [0.29, 0.717) is 5.02 Å². The summed E-state index contributed by atoms with van der Waals surface area (Å²) in [5.41, 5.74) is 1.55. The van der Waals surface area contributed by atoms with Gasteiger partial charge >= 0.3 is 0 Å². The van der Waals surface area contributed by atoms with Crippen LogP contribution in [0.4, 0.5) is 0 Å². The Labute approximate surface area is 132 Å². The molecular weight excluding hydrogens is 342 g/mol. The van der Waals surface area contributed by atoms with Gasteiger partial charge in [0.15, 0.2) is 0 Å². The molecule has 0 bridgehead atoms. The van der Waals surface area contributed by atoms with E-state index in [2.05, 4.69) is 25.9 Å². The number of likely N-dealkylation sites (N-methyl/N-ethyl adjacent to an activating group) is 1. The van der Waals surface area contributed by atoms with Crippen molar-refractivity contribution in [1.29, 1.82) is 0 Å². The van der Waals surface area contributed by atoms with Gasteiger partial charge in [-0.05, 0) is 47.7 Å². The topological polar surface area (TPSA) is 41.3 Å². The number of hydrogen-bond acceptors (Lipinski definition) is 3. The van der Waals surface area contributed by atoms with Crippen molar-refractivity contribution >= 4 is 27.5 Å². The summed E-state index contributed by atoms with van der Waals surface area (Å²) in [7, 11) is 4.02. The van der Waals surface area contributed by atoms with Gasteiger partial charge in [0.2, 0.25) is 0 Å². The Morgan fingerprint density at radius 1 is 1.35 bits per heavy atom. The number of aliphatic hydroxyl groups is 1. The van der Waals surface area contributed by atoms with Crippen LogP contribution in [-0.2, 0) is 6.54 Å². The van der Waals surface area contributed by atoms with Crippen LogP contribution in [0, 0.1) is 0 Å². The van der Waals surface area contributed by atoms with Crippen LogP contribution in [0.15, 0.2) is 34.9 Å². The van der Waals surface area contributed by atoms with Crippen molar-refractivity contribution in [3.8, 4) is 0 Å². The Balaban J connectivity index is 2.26. The van der Waals surface area contributed by atoms with E-state index in [1.54, 1.807) is 18.3 Å². The lowest BCUT2D eigenvalue weighted by molar-refractivity contribution is 0.205. The van der Waals surface area contributed by atoms with E-state index in [1.807, 2.05) is 30.9 Å². The van der Waals surface area contributed by atoms with Crippen LogP contribution >= 0.6 is 27.5 Å². The number of benzene rings is 1. The Hall–Kier alpha value is -0.880. The van der Waals surface area contributed by atoms with E-state index in [1.165, 1.54) is 0 Å². The molecule has 0 aliphatic rings. The lowest BCUT2D eigenvalue weighted by atomic mass is 10.1. The monoisotopic (exact) mass is 357 g/mol. The summed E-state index contributed by atoms with van der Waals surface area (Å²) in [6.07, 6.45) is 0.982. The predicted molar refractivity (Wildman–Crippen MR) is 84.0 cm³/mol. The molecule has 6 heteroatoms. The smallest absolute Gasteiger partial charge is 0.122 e. The molecule has 1 unspecified atom stereocenters. The molecule has 0 aliphatic heterocycles. The average Bonchev–Trinajstić information content (AvgIpc) is 2.77. The zero-order chi connectivity index (χ0) is 14.7. The number of aliphatic hydroxyl groups excluding tert-OH is 1. The van der Waals surface area contributed by atoms with Gasteiger partial charge in [0.25, 0.3) is 0 Å². The maximum absolute atomic E-state index is 10.6. The first-order valence-electron chi connectivity index (χ1n) is 6.28. The lowest BCUT2D eigenvalue weighted by Gasteiger charge is -2.16. The van der Waals surface area contributed by atoms with Crippen LogP contribution in [0.5, 0.6) is 0 Å². The van der Waals surface area contributed by atoms with E-state index in [-0.39, 0.29) is 0 Å². The molecule has 0 radical (unpaired) electrons. The summed E-state index contributed by atoms with van der Waals surface area (Å²) >= 11 is 9.33. The van der Waals surface area contributed by atoms with Crippen LogP contribution in [0.25, 0.3) is 0 Å². The lowest BCUT2D eigenvalue weighted by Crippen LogP contribution is -2.21. The molecule has 0 amide bonds. The Bertz CT molecular complexity index is 568. The van der Waals surface area contributed by atoms with Crippen molar-refractivity contribution in [3.05, 3.63) is 51.2 Å². The number of hydrogen-bond donors (Lipinski definition) is 1. The SMILES string of the molecule is CN(C)CCn1ncc(Br)c1C(O)c1ccc(Cl)cc1. The molecule has 1 N–H and O–H groups in total. The normalized spacial score (nSPS) is 12.9. The molecule has 20 heavy (non-hydrogen) atoms. The fraction of sp³-hybridized carbons (Fsp3) is 0.357. The second-order valence-corrected chi connectivity index (χ2v) is 6.15. The molecular formula is C14H17BrClN3O. The average molecular weight is 359 g/mol. The van der Waals surface area contributed by atoms with E-state index in [4.69, 9.17) is 11.6 Å². The fourth-order valence-corrected chi connectivity index (χ4v) is 2.56. The highest BCUT2D eigenvalue weighted by molar-refractivity contribution is 9.10. The highest BCUT2D eigenvalue weighted by atomic mass is 79.9. The molecule has 2 aromatic rings. The van der Waals surface area contributed by atoms with Crippen LogP contribution in [-0.4, -0.2) is 40.4 Å². The van der Waals surface area contributed by atoms with Gasteiger partial charge in [-0.15, -0.1) is 0 Å². The molecule has 0 aliphatic carbocycles.